The Morgan fingerprint density at radius 3 is 2.62 bits per heavy atom. The number of aryl methyl sites for hydroxylation is 1. The Labute approximate surface area is 129 Å². The summed E-state index contributed by atoms with van der Waals surface area (Å²) in [5.41, 5.74) is 8.81. The van der Waals surface area contributed by atoms with Crippen molar-refractivity contribution in [1.82, 2.24) is 9.88 Å². The van der Waals surface area contributed by atoms with Gasteiger partial charge in [-0.3, -0.25) is 9.88 Å². The Bertz CT molecular complexity index is 424. The lowest BCUT2D eigenvalue weighted by atomic mass is 9.98. The van der Waals surface area contributed by atoms with E-state index in [0.29, 0.717) is 18.6 Å². The molecule has 1 aromatic heterocycles. The van der Waals surface area contributed by atoms with Crippen molar-refractivity contribution in [1.29, 1.82) is 0 Å². The minimum Gasteiger partial charge on any atom is -0.329 e. The maximum atomic E-state index is 6.18. The molecule has 1 aliphatic carbocycles. The molecule has 1 unspecified atom stereocenters. The van der Waals surface area contributed by atoms with Gasteiger partial charge in [0.15, 0.2) is 0 Å². The largest absolute Gasteiger partial charge is 0.329 e. The first-order valence-corrected chi connectivity index (χ1v) is 8.49. The van der Waals surface area contributed by atoms with Crippen LogP contribution in [-0.4, -0.2) is 29.0 Å². The summed E-state index contributed by atoms with van der Waals surface area (Å²) in [6, 6.07) is 3.13. The van der Waals surface area contributed by atoms with E-state index in [1.807, 2.05) is 12.4 Å². The lowest BCUT2D eigenvalue weighted by molar-refractivity contribution is 0.130. The molecule has 3 heteroatoms. The normalized spacial score (nSPS) is 17.8. The fourth-order valence-electron chi connectivity index (χ4n) is 3.50. The van der Waals surface area contributed by atoms with Gasteiger partial charge < -0.3 is 5.73 Å². The molecule has 1 atom stereocenters. The van der Waals surface area contributed by atoms with Gasteiger partial charge in [0.05, 0.1) is 0 Å². The number of pyridine rings is 1. The first-order valence-electron chi connectivity index (χ1n) is 8.49. The molecule has 2 rings (SSSR count). The second-order valence-corrected chi connectivity index (χ2v) is 6.84. The summed E-state index contributed by atoms with van der Waals surface area (Å²) in [7, 11) is 0. The molecule has 0 amide bonds. The molecule has 0 spiro atoms. The molecular weight excluding hydrogens is 258 g/mol. The van der Waals surface area contributed by atoms with Gasteiger partial charge in [-0.25, -0.2) is 0 Å². The van der Waals surface area contributed by atoms with Crippen molar-refractivity contribution < 1.29 is 0 Å². The van der Waals surface area contributed by atoms with E-state index in [9.17, 15) is 0 Å². The van der Waals surface area contributed by atoms with Crippen molar-refractivity contribution >= 4 is 0 Å². The van der Waals surface area contributed by atoms with Crippen LogP contribution in [0.3, 0.4) is 0 Å². The predicted octanol–water partition coefficient (Wildman–Crippen LogP) is 3.68. The quantitative estimate of drug-likeness (QED) is 0.832. The molecule has 1 heterocycles. The van der Waals surface area contributed by atoms with Crippen molar-refractivity contribution in [2.45, 2.75) is 65.0 Å². The first-order chi connectivity index (χ1) is 10.1. The average Bonchev–Trinajstić information content (AvgIpc) is 2.98. The fourth-order valence-corrected chi connectivity index (χ4v) is 3.50. The highest BCUT2D eigenvalue weighted by Crippen LogP contribution is 2.32. The monoisotopic (exact) mass is 289 g/mol. The van der Waals surface area contributed by atoms with Gasteiger partial charge in [-0.15, -0.1) is 0 Å². The highest BCUT2D eigenvalue weighted by atomic mass is 15.2. The highest BCUT2D eigenvalue weighted by molar-refractivity contribution is 5.25. The van der Waals surface area contributed by atoms with E-state index in [-0.39, 0.29) is 0 Å². The van der Waals surface area contributed by atoms with Crippen LogP contribution in [0.25, 0.3) is 0 Å². The van der Waals surface area contributed by atoms with Crippen molar-refractivity contribution in [3.63, 3.8) is 0 Å². The second-order valence-electron chi connectivity index (χ2n) is 6.84. The molecule has 1 aliphatic rings. The molecule has 0 saturated heterocycles. The highest BCUT2D eigenvalue weighted by Gasteiger charge is 2.29. The lowest BCUT2D eigenvalue weighted by Crippen LogP contribution is -2.41. The third-order valence-corrected chi connectivity index (χ3v) is 4.82. The van der Waals surface area contributed by atoms with Crippen molar-refractivity contribution in [2.75, 3.05) is 13.1 Å². The lowest BCUT2D eigenvalue weighted by Gasteiger charge is -2.37. The van der Waals surface area contributed by atoms with Crippen LogP contribution in [-0.2, 0) is 0 Å². The molecule has 1 fully saturated rings. The molecule has 3 nitrogen and oxygen atoms in total. The molecule has 21 heavy (non-hydrogen) atoms. The van der Waals surface area contributed by atoms with Gasteiger partial charge in [-0.2, -0.15) is 0 Å². The number of nitrogens with zero attached hydrogens (tertiary/aromatic N) is 2. The number of nitrogens with two attached hydrogens (primary N) is 1. The van der Waals surface area contributed by atoms with Gasteiger partial charge in [-0.05, 0) is 55.8 Å². The standard InChI is InChI=1S/C18H31N3/c1-14(2)9-11-21(16-6-4-5-7-16)18(12-19)17-13-20-10-8-15(17)3/h8,10,13-14,16,18H,4-7,9,11-12,19H2,1-3H3. The summed E-state index contributed by atoms with van der Waals surface area (Å²) in [6.07, 6.45) is 10.5. The summed E-state index contributed by atoms with van der Waals surface area (Å²) in [5, 5.41) is 0. The van der Waals surface area contributed by atoms with Crippen LogP contribution >= 0.6 is 0 Å². The molecule has 0 radical (unpaired) electrons. The first kappa shape index (κ1) is 16.4. The van der Waals surface area contributed by atoms with E-state index < -0.39 is 0 Å². The Morgan fingerprint density at radius 1 is 1.33 bits per heavy atom. The van der Waals surface area contributed by atoms with Gasteiger partial charge in [0.2, 0.25) is 0 Å². The fraction of sp³-hybridized carbons (Fsp3) is 0.722. The molecular formula is C18H31N3. The van der Waals surface area contributed by atoms with Crippen LogP contribution in [0.5, 0.6) is 0 Å². The Balaban J connectivity index is 2.21. The molecule has 0 bridgehead atoms. The van der Waals surface area contributed by atoms with Gasteiger partial charge in [0, 0.05) is 31.0 Å². The topological polar surface area (TPSA) is 42.1 Å². The summed E-state index contributed by atoms with van der Waals surface area (Å²) < 4.78 is 0. The third kappa shape index (κ3) is 4.27. The number of hydrogen-bond donors (Lipinski definition) is 1. The summed E-state index contributed by atoms with van der Waals surface area (Å²) >= 11 is 0. The zero-order valence-electron chi connectivity index (χ0n) is 13.9. The van der Waals surface area contributed by atoms with Gasteiger partial charge in [0.1, 0.15) is 0 Å². The van der Waals surface area contributed by atoms with E-state index in [4.69, 9.17) is 5.73 Å². The minimum absolute atomic E-state index is 0.320. The zero-order valence-corrected chi connectivity index (χ0v) is 13.9. The van der Waals surface area contributed by atoms with Gasteiger partial charge in [0.25, 0.3) is 0 Å². The van der Waals surface area contributed by atoms with Crippen LogP contribution in [0.15, 0.2) is 18.5 Å². The molecule has 0 aromatic carbocycles. The number of aromatic nitrogens is 1. The molecule has 2 N–H and O–H groups in total. The Morgan fingerprint density at radius 2 is 2.05 bits per heavy atom. The van der Waals surface area contributed by atoms with E-state index in [1.54, 1.807) is 0 Å². The molecule has 1 saturated carbocycles. The summed E-state index contributed by atoms with van der Waals surface area (Å²) in [6.45, 7) is 8.62. The summed E-state index contributed by atoms with van der Waals surface area (Å²) in [5.74, 6) is 0.738. The van der Waals surface area contributed by atoms with Crippen LogP contribution in [0.2, 0.25) is 0 Å². The Kier molecular flexibility index (Phi) is 6.19. The van der Waals surface area contributed by atoms with Gasteiger partial charge in [-0.1, -0.05) is 26.7 Å². The van der Waals surface area contributed by atoms with Crippen molar-refractivity contribution in [3.8, 4) is 0 Å². The summed E-state index contributed by atoms with van der Waals surface area (Å²) in [4.78, 5) is 7.01. The Hall–Kier alpha value is -0.930. The van der Waals surface area contributed by atoms with Crippen LogP contribution in [0, 0.1) is 12.8 Å². The van der Waals surface area contributed by atoms with Crippen LogP contribution < -0.4 is 5.73 Å². The van der Waals surface area contributed by atoms with E-state index in [2.05, 4.69) is 36.7 Å². The maximum Gasteiger partial charge on any atom is 0.0491 e. The van der Waals surface area contributed by atoms with Gasteiger partial charge >= 0.3 is 0 Å². The van der Waals surface area contributed by atoms with E-state index in [1.165, 1.54) is 43.2 Å². The van der Waals surface area contributed by atoms with Crippen LogP contribution in [0.4, 0.5) is 0 Å². The number of hydrogen-bond acceptors (Lipinski definition) is 3. The van der Waals surface area contributed by atoms with Crippen molar-refractivity contribution in [3.05, 3.63) is 29.6 Å². The zero-order chi connectivity index (χ0) is 15.2. The SMILES string of the molecule is Cc1ccncc1C(CN)N(CCC(C)C)C1CCCC1. The van der Waals surface area contributed by atoms with Crippen molar-refractivity contribution in [2.24, 2.45) is 11.7 Å². The molecule has 0 aliphatic heterocycles. The van der Waals surface area contributed by atoms with E-state index in [0.717, 1.165) is 12.5 Å². The molecule has 118 valence electrons. The average molecular weight is 289 g/mol. The maximum absolute atomic E-state index is 6.18. The van der Waals surface area contributed by atoms with Crippen LogP contribution in [0.1, 0.15) is 63.1 Å². The third-order valence-electron chi connectivity index (χ3n) is 4.82. The second kappa shape index (κ2) is 7.90. The number of rotatable bonds is 7. The molecule has 1 aromatic rings. The van der Waals surface area contributed by atoms with E-state index >= 15 is 0 Å². The predicted molar refractivity (Wildman–Crippen MR) is 89.2 cm³/mol. The minimum atomic E-state index is 0.320. The smallest absolute Gasteiger partial charge is 0.0491 e.